The van der Waals surface area contributed by atoms with E-state index in [2.05, 4.69) is 33.4 Å². The maximum Gasteiger partial charge on any atom is 0.0635 e. The summed E-state index contributed by atoms with van der Waals surface area (Å²) < 4.78 is 5.24. The van der Waals surface area contributed by atoms with Crippen LogP contribution in [0.2, 0.25) is 0 Å². The Bertz CT molecular complexity index is 136. The molecule has 0 radical (unpaired) electrons. The van der Waals surface area contributed by atoms with Crippen LogP contribution in [0.5, 0.6) is 0 Å². The number of hydrogen-bond donors (Lipinski definition) is 0. The van der Waals surface area contributed by atoms with Crippen LogP contribution in [0.4, 0.5) is 0 Å². The highest BCUT2D eigenvalue weighted by atomic mass is 31.0. The Labute approximate surface area is 83.7 Å². The fourth-order valence-corrected chi connectivity index (χ4v) is 1.88. The van der Waals surface area contributed by atoms with Crippen molar-refractivity contribution in [3.05, 3.63) is 0 Å². The van der Waals surface area contributed by atoms with Gasteiger partial charge in [0.2, 0.25) is 0 Å². The Balaban J connectivity index is 2.10. The van der Waals surface area contributed by atoms with E-state index in [0.29, 0.717) is 6.10 Å². The molecule has 1 rings (SSSR count). The second-order valence-corrected chi connectivity index (χ2v) is 4.25. The van der Waals surface area contributed by atoms with Gasteiger partial charge in [0.15, 0.2) is 0 Å². The number of likely N-dealkylation sites (N-methyl/N-ethyl adjacent to an activating group) is 1. The molecule has 78 valence electrons. The highest BCUT2D eigenvalue weighted by molar-refractivity contribution is 7.09. The first-order valence-corrected chi connectivity index (χ1v) is 5.42. The van der Waals surface area contributed by atoms with Gasteiger partial charge in [0.25, 0.3) is 0 Å². The summed E-state index contributed by atoms with van der Waals surface area (Å²) in [5.41, 5.74) is 0. The zero-order valence-corrected chi connectivity index (χ0v) is 9.85. The van der Waals surface area contributed by atoms with Crippen LogP contribution in [-0.2, 0) is 4.52 Å². The minimum atomic E-state index is 0.473. The Morgan fingerprint density at radius 1 is 1.38 bits per heavy atom. The Kier molecular flexibility index (Phi) is 5.18. The van der Waals surface area contributed by atoms with Crippen molar-refractivity contribution < 1.29 is 4.52 Å². The molecule has 0 aromatic heterocycles. The third-order valence-corrected chi connectivity index (χ3v) is 2.98. The van der Waals surface area contributed by atoms with Crippen molar-refractivity contribution in [2.45, 2.75) is 18.9 Å². The molecule has 0 amide bonds. The maximum atomic E-state index is 5.24. The van der Waals surface area contributed by atoms with Gasteiger partial charge in [-0.2, -0.15) is 0 Å². The molecule has 0 aromatic carbocycles. The van der Waals surface area contributed by atoms with Crippen molar-refractivity contribution in [2.75, 3.05) is 40.3 Å². The molecule has 13 heavy (non-hydrogen) atoms. The summed E-state index contributed by atoms with van der Waals surface area (Å²) in [6.45, 7) is 4.72. The topological polar surface area (TPSA) is 15.7 Å². The van der Waals surface area contributed by atoms with Gasteiger partial charge in [0.05, 0.1) is 6.10 Å². The first-order chi connectivity index (χ1) is 6.22. The third kappa shape index (κ3) is 4.37. The number of nitrogens with zero attached hydrogens (tertiary/aromatic N) is 2. The van der Waals surface area contributed by atoms with Crippen molar-refractivity contribution in [1.29, 1.82) is 0 Å². The molecule has 1 unspecified atom stereocenters. The summed E-state index contributed by atoms with van der Waals surface area (Å²) >= 11 is 0. The molecule has 1 atom stereocenters. The van der Waals surface area contributed by atoms with E-state index in [1.165, 1.54) is 32.5 Å². The molecule has 0 aromatic rings. The molecule has 1 saturated heterocycles. The molecule has 1 aliphatic heterocycles. The van der Waals surface area contributed by atoms with Gasteiger partial charge in [-0.1, -0.05) is 0 Å². The van der Waals surface area contributed by atoms with Crippen molar-refractivity contribution in [2.24, 2.45) is 0 Å². The fraction of sp³-hybridized carbons (Fsp3) is 1.00. The van der Waals surface area contributed by atoms with Crippen molar-refractivity contribution in [3.8, 4) is 0 Å². The zero-order chi connectivity index (χ0) is 9.68. The summed E-state index contributed by atoms with van der Waals surface area (Å²) in [6, 6.07) is 0. The summed E-state index contributed by atoms with van der Waals surface area (Å²) in [4.78, 5) is 4.75. The average Bonchev–Trinajstić information content (AvgIpc) is 2.15. The monoisotopic (exact) mass is 204 g/mol. The number of rotatable bonds is 4. The summed E-state index contributed by atoms with van der Waals surface area (Å²) in [5.74, 6) is 0. The lowest BCUT2D eigenvalue weighted by atomic mass is 10.1. The molecule has 0 spiro atoms. The maximum absolute atomic E-state index is 5.24. The smallest absolute Gasteiger partial charge is 0.0635 e. The predicted octanol–water partition coefficient (Wildman–Crippen LogP) is 0.819. The van der Waals surface area contributed by atoms with E-state index in [1.54, 1.807) is 0 Å². The van der Waals surface area contributed by atoms with Gasteiger partial charge < -0.3 is 14.3 Å². The van der Waals surface area contributed by atoms with Crippen LogP contribution in [0.15, 0.2) is 0 Å². The standard InChI is InChI=1S/C9H21N2OP/c1-10(2)7-8-11-5-3-9(12-13)4-6-11/h9H,3-8,13H2,1-2H3. The Morgan fingerprint density at radius 3 is 2.46 bits per heavy atom. The molecule has 0 N–H and O–H groups in total. The Morgan fingerprint density at radius 2 is 2.00 bits per heavy atom. The number of likely N-dealkylation sites (tertiary alicyclic amines) is 1. The highest BCUT2D eigenvalue weighted by Gasteiger charge is 2.17. The van der Waals surface area contributed by atoms with Crippen LogP contribution >= 0.6 is 9.47 Å². The first-order valence-electron chi connectivity index (χ1n) is 4.95. The van der Waals surface area contributed by atoms with Gasteiger partial charge in [-0.05, 0) is 26.9 Å². The van der Waals surface area contributed by atoms with Crippen LogP contribution < -0.4 is 0 Å². The van der Waals surface area contributed by atoms with Gasteiger partial charge >= 0.3 is 0 Å². The zero-order valence-electron chi connectivity index (χ0n) is 8.70. The molecular weight excluding hydrogens is 183 g/mol. The van der Waals surface area contributed by atoms with E-state index >= 15 is 0 Å². The molecule has 4 heteroatoms. The SMILES string of the molecule is CN(C)CCN1CCC(OP)CC1. The normalized spacial score (nSPS) is 21.2. The van der Waals surface area contributed by atoms with E-state index < -0.39 is 0 Å². The van der Waals surface area contributed by atoms with E-state index in [9.17, 15) is 0 Å². The molecule has 0 bridgehead atoms. The van der Waals surface area contributed by atoms with Crippen molar-refractivity contribution in [3.63, 3.8) is 0 Å². The van der Waals surface area contributed by atoms with Crippen LogP contribution in [-0.4, -0.2) is 56.2 Å². The molecule has 1 aliphatic rings. The summed E-state index contributed by atoms with van der Waals surface area (Å²) in [5, 5.41) is 0. The quantitative estimate of drug-likeness (QED) is 0.630. The van der Waals surface area contributed by atoms with Gasteiger partial charge in [0, 0.05) is 35.6 Å². The number of piperidine rings is 1. The minimum absolute atomic E-state index is 0.473. The lowest BCUT2D eigenvalue weighted by molar-refractivity contribution is 0.111. The third-order valence-electron chi connectivity index (χ3n) is 2.59. The number of hydrogen-bond acceptors (Lipinski definition) is 3. The van der Waals surface area contributed by atoms with E-state index in [1.807, 2.05) is 0 Å². The average molecular weight is 204 g/mol. The van der Waals surface area contributed by atoms with Gasteiger partial charge in [0.1, 0.15) is 0 Å². The molecule has 1 heterocycles. The summed E-state index contributed by atoms with van der Waals surface area (Å²) in [7, 11) is 6.62. The molecule has 0 saturated carbocycles. The molecule has 1 fully saturated rings. The molecule has 3 nitrogen and oxygen atoms in total. The predicted molar refractivity (Wildman–Crippen MR) is 58.8 cm³/mol. The van der Waals surface area contributed by atoms with Crippen LogP contribution in [0.3, 0.4) is 0 Å². The van der Waals surface area contributed by atoms with E-state index in [4.69, 9.17) is 4.52 Å². The second-order valence-electron chi connectivity index (χ2n) is 3.98. The van der Waals surface area contributed by atoms with Crippen molar-refractivity contribution in [1.82, 2.24) is 9.80 Å². The highest BCUT2D eigenvalue weighted by Crippen LogP contribution is 2.15. The Hall–Kier alpha value is 0.310. The van der Waals surface area contributed by atoms with E-state index in [-0.39, 0.29) is 0 Å². The molecule has 0 aliphatic carbocycles. The molecular formula is C9H21N2OP. The van der Waals surface area contributed by atoms with E-state index in [0.717, 1.165) is 6.54 Å². The first kappa shape index (κ1) is 11.4. The van der Waals surface area contributed by atoms with Gasteiger partial charge in [-0.15, -0.1) is 0 Å². The van der Waals surface area contributed by atoms with Crippen molar-refractivity contribution >= 4 is 9.47 Å². The van der Waals surface area contributed by atoms with Crippen LogP contribution in [0.25, 0.3) is 0 Å². The van der Waals surface area contributed by atoms with Crippen LogP contribution in [0.1, 0.15) is 12.8 Å². The summed E-state index contributed by atoms with van der Waals surface area (Å²) in [6.07, 6.45) is 2.83. The van der Waals surface area contributed by atoms with Gasteiger partial charge in [-0.25, -0.2) is 0 Å². The fourth-order valence-electron chi connectivity index (χ4n) is 1.61. The van der Waals surface area contributed by atoms with Crippen LogP contribution in [0, 0.1) is 0 Å². The lowest BCUT2D eigenvalue weighted by Crippen LogP contribution is -2.39. The lowest BCUT2D eigenvalue weighted by Gasteiger charge is -2.31. The largest absolute Gasteiger partial charge is 0.362 e. The minimum Gasteiger partial charge on any atom is -0.362 e. The van der Waals surface area contributed by atoms with Gasteiger partial charge in [-0.3, -0.25) is 0 Å². The second kappa shape index (κ2) is 5.92.